The lowest BCUT2D eigenvalue weighted by Gasteiger charge is -2.50. The van der Waals surface area contributed by atoms with Gasteiger partial charge in [0.05, 0.1) is 12.1 Å². The van der Waals surface area contributed by atoms with Gasteiger partial charge in [-0.15, -0.1) is 0 Å². The Hall–Kier alpha value is -6.69. The molecule has 650 valence electrons. The van der Waals surface area contributed by atoms with E-state index in [0.717, 1.165) is 154 Å². The van der Waals surface area contributed by atoms with E-state index < -0.39 is 172 Å². The molecule has 0 bridgehead atoms. The maximum Gasteiger partial charge on any atom is 0.407 e. The average molecular weight is 1600 g/mol. The van der Waals surface area contributed by atoms with E-state index >= 15 is 4.79 Å². The zero-order valence-electron chi connectivity index (χ0n) is 68.9. The van der Waals surface area contributed by atoms with E-state index in [1.165, 1.54) is 0 Å². The summed E-state index contributed by atoms with van der Waals surface area (Å²) in [5.74, 6) is -0.913. The maximum atomic E-state index is 15.1. The Balaban J connectivity index is 2.52. The summed E-state index contributed by atoms with van der Waals surface area (Å²) in [5, 5.41) is 25.0. The van der Waals surface area contributed by atoms with Crippen LogP contribution in [0.3, 0.4) is 0 Å². The normalized spacial score (nSPS) is 23.7. The van der Waals surface area contributed by atoms with E-state index in [2.05, 4.69) is 75.5 Å². The summed E-state index contributed by atoms with van der Waals surface area (Å²) < 4.78 is 76.8. The van der Waals surface area contributed by atoms with E-state index in [1.54, 1.807) is 0 Å². The average Bonchev–Trinajstić information content (AvgIpc) is 0.763. The van der Waals surface area contributed by atoms with E-state index in [-0.39, 0.29) is 65.3 Å². The van der Waals surface area contributed by atoms with Gasteiger partial charge in [-0.3, -0.25) is 4.79 Å². The van der Waals surface area contributed by atoms with Crippen molar-refractivity contribution in [1.29, 1.82) is 0 Å². The third kappa shape index (κ3) is 40.5. The van der Waals surface area contributed by atoms with Gasteiger partial charge < -0.3 is 128 Å². The molecular weight excluding hydrogens is 1450 g/mol. The molecule has 3 fully saturated rings. The second kappa shape index (κ2) is 61.7. The van der Waals surface area contributed by atoms with Crippen LogP contribution in [0.5, 0.6) is 0 Å². The van der Waals surface area contributed by atoms with Crippen molar-refractivity contribution in [2.75, 3.05) is 72.1 Å². The van der Waals surface area contributed by atoms with Crippen LogP contribution in [-0.2, 0) is 61.6 Å². The molecular formula is C78H147N13O21. The van der Waals surface area contributed by atoms with Gasteiger partial charge in [0.25, 0.3) is 5.91 Å². The van der Waals surface area contributed by atoms with Gasteiger partial charge in [-0.2, -0.15) is 0 Å². The number of unbranched alkanes of at least 4 members (excludes halogenated alkanes) is 24. The highest BCUT2D eigenvalue weighted by molar-refractivity contribution is 5.84. The Kier molecular flexibility index (Phi) is 54.8. The van der Waals surface area contributed by atoms with Crippen LogP contribution in [0.2, 0.25) is 0 Å². The van der Waals surface area contributed by atoms with Gasteiger partial charge in [-0.05, 0) is 64.3 Å². The molecule has 0 spiro atoms. The van der Waals surface area contributed by atoms with Crippen LogP contribution in [0, 0.1) is 0 Å². The maximum absolute atomic E-state index is 15.1. The van der Waals surface area contributed by atoms with E-state index in [1.807, 2.05) is 27.7 Å². The Bertz CT molecular complexity index is 2580. The summed E-state index contributed by atoms with van der Waals surface area (Å²) in [5.41, 5.74) is 27.3. The summed E-state index contributed by atoms with van der Waals surface area (Å²) in [6, 6.07) is -4.47. The molecule has 17 N–H and O–H groups in total. The summed E-state index contributed by atoms with van der Waals surface area (Å²) in [6.07, 6.45) is -5.15. The fourth-order valence-electron chi connectivity index (χ4n) is 13.2. The number of ether oxygens (including phenoxy) is 12. The smallest absolute Gasteiger partial charge is 0.407 e. The van der Waals surface area contributed by atoms with Gasteiger partial charge in [0.2, 0.25) is 0 Å². The minimum Gasteiger partial charge on any atom is -0.447 e. The zero-order chi connectivity index (χ0) is 82.1. The lowest BCUT2D eigenvalue weighted by Crippen LogP contribution is -2.71. The van der Waals surface area contributed by atoms with Gasteiger partial charge in [0.15, 0.2) is 55.3 Å². The summed E-state index contributed by atoms with van der Waals surface area (Å²) >= 11 is 0. The van der Waals surface area contributed by atoms with Crippen LogP contribution in [0.4, 0.5) is 38.4 Å². The molecule has 2 heterocycles. The monoisotopic (exact) mass is 1600 g/mol. The largest absolute Gasteiger partial charge is 0.447 e. The molecule has 1 unspecified atom stereocenters. The number of alkyl carbamates (subject to hydrolysis) is 8. The third-order valence-electron chi connectivity index (χ3n) is 19.6. The number of nitrogens with two attached hydrogens (primary N) is 4. The fourth-order valence-corrected chi connectivity index (χ4v) is 13.2. The molecule has 112 heavy (non-hydrogen) atoms. The van der Waals surface area contributed by atoms with Gasteiger partial charge >= 0.3 is 48.7 Å². The number of carbonyl (C=O) groups excluding carboxylic acids is 9. The van der Waals surface area contributed by atoms with Crippen molar-refractivity contribution in [3.8, 4) is 0 Å². The summed E-state index contributed by atoms with van der Waals surface area (Å²) in [6.45, 7) is 16.7. The SMILES string of the molecule is CCCCCCNC(=O)OC[C@H]1O[C@H](O[C@H]2[C@H](OC(=O)NCCCCCC)[C@@H](O[C@H]3O[C@H](CN)[C@@H](OC(=O)NCCCCCC)[C@H](OC(=O)NCCCCCC)[C@H]3OC(=O)NCCCCCC)[C@H](N)C[C@@H]2NC(=O)C(CCN)OC(=O)NCCCCCC)[C@H](OC(=O)NCCCCCC)[C@@H](N)[C@@H]1OC(=O)NCCCCCC. The highest BCUT2D eigenvalue weighted by atomic mass is 16.8. The molecule has 0 aromatic carbocycles. The number of hydrogen-bond donors (Lipinski definition) is 13. The van der Waals surface area contributed by atoms with Crippen molar-refractivity contribution in [3.63, 3.8) is 0 Å². The number of amides is 9. The molecule has 3 aliphatic rings. The van der Waals surface area contributed by atoms with Crippen molar-refractivity contribution in [3.05, 3.63) is 0 Å². The topological polar surface area (TPSA) is 477 Å². The molecule has 1 aliphatic carbocycles. The first kappa shape index (κ1) is 99.5. The highest BCUT2D eigenvalue weighted by Gasteiger charge is 2.59. The third-order valence-corrected chi connectivity index (χ3v) is 19.6. The standard InChI is InChI=1S/C78H147N13O21/c1-9-17-25-33-43-83-71(93)101-53-58-62(107-73(95)85-45-35-27-19-11-3)59(82)64(109-75(97)87-47-37-29-21-13-5)69(103-58)106-61-55(91-68(92)56(41-42-79)104-72(94)84-44-34-26-18-10-2)51-54(81)60(65(61)110-76(98)88-48-38-30-22-14-6)105-70-67(112-78(100)90-50-40-32-24-16-8)66(111-77(99)89-49-39-31-23-15-7)63(57(52-80)102-70)108-74(96)86-46-36-28-20-12-4/h54-67,69-70H,9-53,79-82H2,1-8H3,(H,83,93)(H,84,94)(H,85,95)(H,86,96)(H,87,97)(H,88,98)(H,89,99)(H,90,100)(H,91,92)/t54-,55+,56?,57-,58-,59+,60+,61-,62-,63-,64-,65-,66+,67-,69-,70-/m1/s1. The molecule has 0 aromatic rings. The Morgan fingerprint density at radius 1 is 0.348 bits per heavy atom. The number of carbonyl (C=O) groups is 9. The second-order valence-electron chi connectivity index (χ2n) is 29.3. The number of rotatable bonds is 58. The Labute approximate surface area is 666 Å². The van der Waals surface area contributed by atoms with Crippen molar-refractivity contribution in [2.24, 2.45) is 22.9 Å². The summed E-state index contributed by atoms with van der Waals surface area (Å²) in [7, 11) is 0. The van der Waals surface area contributed by atoms with Crippen LogP contribution in [0.25, 0.3) is 0 Å². The Morgan fingerprint density at radius 2 is 0.661 bits per heavy atom. The fraction of sp³-hybridized carbons (Fsp3) is 0.885. The van der Waals surface area contributed by atoms with Crippen molar-refractivity contribution in [1.82, 2.24) is 47.9 Å². The molecule has 34 nitrogen and oxygen atoms in total. The quantitative estimate of drug-likeness (QED) is 0.0199. The molecule has 2 aliphatic heterocycles. The molecule has 1 saturated carbocycles. The lowest BCUT2D eigenvalue weighted by molar-refractivity contribution is -0.330. The molecule has 34 heteroatoms. The Morgan fingerprint density at radius 3 is 1.04 bits per heavy atom. The van der Waals surface area contributed by atoms with Crippen molar-refractivity contribution in [2.45, 2.75) is 372 Å². The van der Waals surface area contributed by atoms with E-state index in [4.69, 9.17) is 79.8 Å². The minimum absolute atomic E-state index is 0.0974. The van der Waals surface area contributed by atoms with Crippen LogP contribution in [-0.4, -0.2) is 225 Å². The molecule has 2 saturated heterocycles. The second-order valence-corrected chi connectivity index (χ2v) is 29.3. The molecule has 16 atom stereocenters. The van der Waals surface area contributed by atoms with Crippen molar-refractivity contribution < 1.29 is 100.0 Å². The molecule has 3 rings (SSSR count). The van der Waals surface area contributed by atoms with Crippen molar-refractivity contribution >= 4 is 54.7 Å². The van der Waals surface area contributed by atoms with Crippen LogP contribution < -0.4 is 70.8 Å². The molecule has 0 aromatic heterocycles. The van der Waals surface area contributed by atoms with Crippen LogP contribution in [0.15, 0.2) is 0 Å². The predicted molar refractivity (Wildman–Crippen MR) is 423 cm³/mol. The van der Waals surface area contributed by atoms with Gasteiger partial charge in [-0.25, -0.2) is 38.4 Å². The molecule has 0 radical (unpaired) electrons. The highest BCUT2D eigenvalue weighted by Crippen LogP contribution is 2.37. The lowest BCUT2D eigenvalue weighted by atomic mass is 9.83. The number of hydrogen-bond acceptors (Lipinski definition) is 25. The van der Waals surface area contributed by atoms with Gasteiger partial charge in [-0.1, -0.05) is 209 Å². The minimum atomic E-state index is -1.96. The first-order chi connectivity index (χ1) is 54.3. The van der Waals surface area contributed by atoms with Gasteiger partial charge in [0, 0.05) is 71.4 Å². The van der Waals surface area contributed by atoms with Crippen LogP contribution >= 0.6 is 0 Å². The number of nitrogens with one attached hydrogen (secondary N) is 9. The predicted octanol–water partition coefficient (Wildman–Crippen LogP) is 10.1. The molecule has 9 amide bonds. The van der Waals surface area contributed by atoms with Crippen LogP contribution in [0.1, 0.15) is 274 Å². The summed E-state index contributed by atoms with van der Waals surface area (Å²) in [4.78, 5) is 128. The van der Waals surface area contributed by atoms with E-state index in [0.29, 0.717) is 51.4 Å². The van der Waals surface area contributed by atoms with E-state index in [9.17, 15) is 38.4 Å². The first-order valence-electron chi connectivity index (χ1n) is 42.6. The van der Waals surface area contributed by atoms with Gasteiger partial charge in [0.1, 0.15) is 31.0 Å². The first-order valence-corrected chi connectivity index (χ1v) is 42.6. The zero-order valence-corrected chi connectivity index (χ0v) is 68.9.